The van der Waals surface area contributed by atoms with Gasteiger partial charge >= 0.3 is 6.18 Å². The van der Waals surface area contributed by atoms with E-state index in [0.717, 1.165) is 0 Å². The van der Waals surface area contributed by atoms with Crippen molar-refractivity contribution in [1.29, 1.82) is 0 Å². The van der Waals surface area contributed by atoms with Gasteiger partial charge in [0.2, 0.25) is 0 Å². The first-order valence-electron chi connectivity index (χ1n) is 3.25. The van der Waals surface area contributed by atoms with E-state index in [0.29, 0.717) is 0 Å². The molecular formula is C7H3F6N. The molecule has 2 N–H and O–H groups in total. The molecule has 14 heavy (non-hydrogen) atoms. The zero-order chi connectivity index (χ0) is 11.1. The number of hydrogen-bond donors (Lipinski definition) is 1. The van der Waals surface area contributed by atoms with Crippen LogP contribution < -0.4 is 5.73 Å². The molecule has 0 radical (unpaired) electrons. The molecule has 7 heteroatoms. The van der Waals surface area contributed by atoms with E-state index in [1.165, 1.54) is 0 Å². The number of alkyl halides is 3. The van der Waals surface area contributed by atoms with Gasteiger partial charge in [-0.05, 0) is 0 Å². The summed E-state index contributed by atoms with van der Waals surface area (Å²) in [5, 5.41) is 0. The summed E-state index contributed by atoms with van der Waals surface area (Å²) in [4.78, 5) is 0. The predicted molar refractivity (Wildman–Crippen MR) is 35.7 cm³/mol. The summed E-state index contributed by atoms with van der Waals surface area (Å²) >= 11 is 0. The molecule has 0 aliphatic heterocycles. The third kappa shape index (κ3) is 1.61. The molecule has 0 bridgehead atoms. The lowest BCUT2D eigenvalue weighted by Crippen LogP contribution is -2.14. The summed E-state index contributed by atoms with van der Waals surface area (Å²) in [6.45, 7) is 0. The molecule has 1 rings (SSSR count). The lowest BCUT2D eigenvalue weighted by atomic mass is 10.1. The second-order valence-corrected chi connectivity index (χ2v) is 2.44. The van der Waals surface area contributed by atoms with Crippen molar-refractivity contribution in [2.24, 2.45) is 0 Å². The number of hydrogen-bond acceptors (Lipinski definition) is 1. The van der Waals surface area contributed by atoms with Crippen molar-refractivity contribution in [3.05, 3.63) is 29.1 Å². The number of benzene rings is 1. The van der Waals surface area contributed by atoms with Crippen molar-refractivity contribution in [1.82, 2.24) is 0 Å². The fraction of sp³-hybridized carbons (Fsp3) is 0.143. The average Bonchev–Trinajstić information content (AvgIpc) is 1.98. The van der Waals surface area contributed by atoms with Crippen LogP contribution in [0.3, 0.4) is 0 Å². The van der Waals surface area contributed by atoms with Crippen LogP contribution in [-0.2, 0) is 6.18 Å². The van der Waals surface area contributed by atoms with Crippen LogP contribution >= 0.6 is 0 Å². The van der Waals surface area contributed by atoms with E-state index in [-0.39, 0.29) is 6.07 Å². The largest absolute Gasteiger partial charge is 0.421 e. The quantitative estimate of drug-likeness (QED) is 0.402. The SMILES string of the molecule is Nc1c(F)cc(F)c(F)c1C(F)(F)F. The summed E-state index contributed by atoms with van der Waals surface area (Å²) in [6, 6.07) is -0.0418. The minimum Gasteiger partial charge on any atom is -0.396 e. The van der Waals surface area contributed by atoms with Crippen LogP contribution in [0, 0.1) is 17.5 Å². The van der Waals surface area contributed by atoms with Crippen molar-refractivity contribution in [2.45, 2.75) is 6.18 Å². The van der Waals surface area contributed by atoms with Crippen molar-refractivity contribution in [3.8, 4) is 0 Å². The number of nitrogens with two attached hydrogens (primary N) is 1. The molecule has 0 spiro atoms. The van der Waals surface area contributed by atoms with E-state index in [1.54, 1.807) is 0 Å². The van der Waals surface area contributed by atoms with Crippen LogP contribution in [0.2, 0.25) is 0 Å². The number of rotatable bonds is 0. The Bertz CT molecular complexity index is 343. The Kier molecular flexibility index (Phi) is 2.34. The maximum absolute atomic E-state index is 12.6. The van der Waals surface area contributed by atoms with Crippen LogP contribution in [-0.4, -0.2) is 0 Å². The topological polar surface area (TPSA) is 26.0 Å². The minimum absolute atomic E-state index is 0.0418. The van der Waals surface area contributed by atoms with E-state index >= 15 is 0 Å². The van der Waals surface area contributed by atoms with Gasteiger partial charge in [0.15, 0.2) is 11.6 Å². The van der Waals surface area contributed by atoms with Crippen LogP contribution in [0.1, 0.15) is 5.56 Å². The van der Waals surface area contributed by atoms with Gasteiger partial charge in [-0.15, -0.1) is 0 Å². The van der Waals surface area contributed by atoms with Gasteiger partial charge in [0, 0.05) is 6.07 Å². The highest BCUT2D eigenvalue weighted by Crippen LogP contribution is 2.37. The average molecular weight is 215 g/mol. The summed E-state index contributed by atoms with van der Waals surface area (Å²) < 4.78 is 73.5. The summed E-state index contributed by atoms with van der Waals surface area (Å²) in [5.74, 6) is -5.77. The smallest absolute Gasteiger partial charge is 0.396 e. The molecule has 0 saturated heterocycles. The normalized spacial score (nSPS) is 11.9. The van der Waals surface area contributed by atoms with Crippen LogP contribution in [0.25, 0.3) is 0 Å². The molecule has 0 aliphatic rings. The lowest BCUT2D eigenvalue weighted by Gasteiger charge is -2.11. The molecule has 0 aliphatic carbocycles. The fourth-order valence-corrected chi connectivity index (χ4v) is 0.887. The Morgan fingerprint density at radius 3 is 1.93 bits per heavy atom. The first kappa shape index (κ1) is 10.7. The van der Waals surface area contributed by atoms with Crippen molar-refractivity contribution in [2.75, 3.05) is 5.73 Å². The van der Waals surface area contributed by atoms with Gasteiger partial charge in [0.1, 0.15) is 11.4 Å². The lowest BCUT2D eigenvalue weighted by molar-refractivity contribution is -0.139. The van der Waals surface area contributed by atoms with Gasteiger partial charge in [-0.2, -0.15) is 13.2 Å². The van der Waals surface area contributed by atoms with E-state index < -0.39 is 34.9 Å². The molecule has 0 heterocycles. The molecule has 0 fully saturated rings. The van der Waals surface area contributed by atoms with Gasteiger partial charge in [-0.1, -0.05) is 0 Å². The maximum Gasteiger partial charge on any atom is 0.421 e. The number of halogens is 6. The second kappa shape index (κ2) is 3.07. The summed E-state index contributed by atoms with van der Waals surface area (Å²) in [7, 11) is 0. The van der Waals surface area contributed by atoms with Crippen molar-refractivity contribution < 1.29 is 26.3 Å². The van der Waals surface area contributed by atoms with Gasteiger partial charge in [-0.3, -0.25) is 0 Å². The van der Waals surface area contributed by atoms with Crippen LogP contribution in [0.5, 0.6) is 0 Å². The molecule has 1 nitrogen and oxygen atoms in total. The molecule has 0 amide bonds. The fourth-order valence-electron chi connectivity index (χ4n) is 0.887. The highest BCUT2D eigenvalue weighted by atomic mass is 19.4. The molecule has 1 aromatic rings. The maximum atomic E-state index is 12.6. The van der Waals surface area contributed by atoms with Gasteiger partial charge in [0.25, 0.3) is 0 Å². The second-order valence-electron chi connectivity index (χ2n) is 2.44. The summed E-state index contributed by atoms with van der Waals surface area (Å²) in [5.41, 5.74) is 1.07. The van der Waals surface area contributed by atoms with Crippen molar-refractivity contribution >= 4 is 5.69 Å². The van der Waals surface area contributed by atoms with Gasteiger partial charge < -0.3 is 5.73 Å². The molecule has 0 unspecified atom stereocenters. The molecule has 0 saturated carbocycles. The van der Waals surface area contributed by atoms with E-state index in [4.69, 9.17) is 0 Å². The highest BCUT2D eigenvalue weighted by Gasteiger charge is 2.39. The van der Waals surface area contributed by atoms with Gasteiger partial charge in [0.05, 0.1) is 5.69 Å². The number of anilines is 1. The zero-order valence-electron chi connectivity index (χ0n) is 6.42. The van der Waals surface area contributed by atoms with Crippen LogP contribution in [0.15, 0.2) is 6.07 Å². The highest BCUT2D eigenvalue weighted by molar-refractivity contribution is 5.50. The Labute approximate surface area is 74.1 Å². The minimum atomic E-state index is -5.23. The molecule has 0 atom stereocenters. The molecule has 78 valence electrons. The van der Waals surface area contributed by atoms with E-state index in [1.807, 2.05) is 0 Å². The predicted octanol–water partition coefficient (Wildman–Crippen LogP) is 2.70. The first-order chi connectivity index (χ1) is 6.25. The van der Waals surface area contributed by atoms with E-state index in [2.05, 4.69) is 5.73 Å². The standard InChI is InChI=1S/C7H3F6N/c8-2-1-3(9)6(14)4(5(2)10)7(11,12)13/h1H,14H2. The summed E-state index contributed by atoms with van der Waals surface area (Å²) in [6.07, 6.45) is -5.23. The van der Waals surface area contributed by atoms with E-state index in [9.17, 15) is 26.3 Å². The number of nitrogen functional groups attached to an aromatic ring is 1. The Morgan fingerprint density at radius 2 is 1.50 bits per heavy atom. The Morgan fingerprint density at radius 1 is 1.00 bits per heavy atom. The monoisotopic (exact) mass is 215 g/mol. The molecule has 1 aromatic carbocycles. The van der Waals surface area contributed by atoms with Crippen LogP contribution in [0.4, 0.5) is 32.0 Å². The third-order valence-electron chi connectivity index (χ3n) is 1.49. The van der Waals surface area contributed by atoms with Crippen molar-refractivity contribution in [3.63, 3.8) is 0 Å². The molecule has 0 aromatic heterocycles. The zero-order valence-corrected chi connectivity index (χ0v) is 6.42. The van der Waals surface area contributed by atoms with Gasteiger partial charge in [-0.25, -0.2) is 13.2 Å². The Hall–Kier alpha value is -1.40. The first-order valence-corrected chi connectivity index (χ1v) is 3.25. The molecular weight excluding hydrogens is 212 g/mol. The Balaban J connectivity index is 3.56. The third-order valence-corrected chi connectivity index (χ3v) is 1.49.